The molecule has 0 amide bonds. The summed E-state index contributed by atoms with van der Waals surface area (Å²) < 4.78 is 2.01. The minimum atomic E-state index is -0.964. The Kier molecular flexibility index (Phi) is 4.03. The number of hydrogen-bond donors (Lipinski definition) is 1. The summed E-state index contributed by atoms with van der Waals surface area (Å²) in [4.78, 5) is 20.0. The molecule has 4 aromatic rings. The molecule has 0 spiro atoms. The lowest BCUT2D eigenvalue weighted by Crippen LogP contribution is -1.98. The van der Waals surface area contributed by atoms with E-state index in [0.717, 1.165) is 22.6 Å². The number of carboxylic acid groups (broad SMARTS) is 1. The van der Waals surface area contributed by atoms with Crippen LogP contribution in [-0.2, 0) is 0 Å². The second kappa shape index (κ2) is 6.64. The molecule has 0 unspecified atom stereocenters. The van der Waals surface area contributed by atoms with Crippen LogP contribution >= 0.6 is 0 Å². The summed E-state index contributed by atoms with van der Waals surface area (Å²) in [7, 11) is 0. The topological polar surface area (TPSA) is 68.0 Å². The van der Waals surface area contributed by atoms with Crippen molar-refractivity contribution in [3.8, 4) is 5.69 Å². The van der Waals surface area contributed by atoms with Gasteiger partial charge in [-0.25, -0.2) is 9.78 Å². The Morgan fingerprint density at radius 1 is 1.00 bits per heavy atom. The fourth-order valence-electron chi connectivity index (χ4n) is 2.84. The molecule has 5 heteroatoms. The van der Waals surface area contributed by atoms with Crippen LogP contribution in [0.15, 0.2) is 73.1 Å². The first-order valence-corrected chi connectivity index (χ1v) is 8.12. The Labute approximate surface area is 149 Å². The molecule has 0 aliphatic carbocycles. The molecule has 2 aromatic carbocycles. The SMILES string of the molecule is O=C(O)c1ccc2c(c1)nc(/C=C/c1cccnc1)n2-c1ccccc1. The highest BCUT2D eigenvalue weighted by Crippen LogP contribution is 2.24. The van der Waals surface area contributed by atoms with Gasteiger partial charge in [0.2, 0.25) is 0 Å². The Morgan fingerprint density at radius 3 is 2.58 bits per heavy atom. The van der Waals surface area contributed by atoms with Crippen molar-refractivity contribution in [2.24, 2.45) is 0 Å². The van der Waals surface area contributed by atoms with Crippen molar-refractivity contribution in [2.75, 3.05) is 0 Å². The minimum Gasteiger partial charge on any atom is -0.478 e. The number of carboxylic acids is 1. The number of rotatable bonds is 4. The molecule has 126 valence electrons. The van der Waals surface area contributed by atoms with E-state index in [1.807, 2.05) is 59.2 Å². The van der Waals surface area contributed by atoms with Crippen molar-refractivity contribution in [2.45, 2.75) is 0 Å². The summed E-state index contributed by atoms with van der Waals surface area (Å²) in [5, 5.41) is 9.23. The second-order valence-electron chi connectivity index (χ2n) is 5.77. The molecule has 0 aliphatic heterocycles. The molecule has 4 rings (SSSR count). The number of aromatic carboxylic acids is 1. The van der Waals surface area contributed by atoms with Gasteiger partial charge >= 0.3 is 5.97 Å². The monoisotopic (exact) mass is 341 g/mol. The number of para-hydroxylation sites is 1. The molecule has 0 saturated heterocycles. The van der Waals surface area contributed by atoms with E-state index < -0.39 is 5.97 Å². The van der Waals surface area contributed by atoms with Crippen molar-refractivity contribution < 1.29 is 9.90 Å². The maximum atomic E-state index is 11.3. The quantitative estimate of drug-likeness (QED) is 0.601. The Morgan fingerprint density at radius 2 is 1.85 bits per heavy atom. The zero-order valence-electron chi connectivity index (χ0n) is 13.8. The number of hydrogen-bond acceptors (Lipinski definition) is 3. The van der Waals surface area contributed by atoms with Crippen LogP contribution in [0.2, 0.25) is 0 Å². The first-order valence-electron chi connectivity index (χ1n) is 8.12. The summed E-state index contributed by atoms with van der Waals surface area (Å²) in [5.41, 5.74) is 3.64. The molecular weight excluding hydrogens is 326 g/mol. The van der Waals surface area contributed by atoms with Gasteiger partial charge < -0.3 is 5.11 Å². The van der Waals surface area contributed by atoms with E-state index in [4.69, 9.17) is 0 Å². The van der Waals surface area contributed by atoms with Crippen molar-refractivity contribution in [1.29, 1.82) is 0 Å². The van der Waals surface area contributed by atoms with Crippen molar-refractivity contribution in [3.63, 3.8) is 0 Å². The lowest BCUT2D eigenvalue weighted by atomic mass is 10.2. The zero-order valence-corrected chi connectivity index (χ0v) is 13.8. The minimum absolute atomic E-state index is 0.220. The molecule has 0 saturated carbocycles. The largest absolute Gasteiger partial charge is 0.478 e. The van der Waals surface area contributed by atoms with Gasteiger partial charge in [-0.2, -0.15) is 0 Å². The van der Waals surface area contributed by atoms with Gasteiger partial charge in [-0.1, -0.05) is 24.3 Å². The predicted octanol–water partition coefficient (Wildman–Crippen LogP) is 4.29. The maximum absolute atomic E-state index is 11.3. The molecule has 2 aromatic heterocycles. The third kappa shape index (κ3) is 2.98. The molecule has 1 N–H and O–H groups in total. The van der Waals surface area contributed by atoms with Crippen molar-refractivity contribution >= 4 is 29.2 Å². The van der Waals surface area contributed by atoms with E-state index in [1.165, 1.54) is 0 Å². The summed E-state index contributed by atoms with van der Waals surface area (Å²) in [6.45, 7) is 0. The van der Waals surface area contributed by atoms with Crippen molar-refractivity contribution in [1.82, 2.24) is 14.5 Å². The normalized spacial score (nSPS) is 11.2. The predicted molar refractivity (Wildman–Crippen MR) is 101 cm³/mol. The van der Waals surface area contributed by atoms with E-state index in [1.54, 1.807) is 30.6 Å². The molecule has 2 heterocycles. The van der Waals surface area contributed by atoms with Gasteiger partial charge in [0.15, 0.2) is 0 Å². The van der Waals surface area contributed by atoms with Crippen LogP contribution in [0.3, 0.4) is 0 Å². The number of fused-ring (bicyclic) bond motifs is 1. The first-order chi connectivity index (χ1) is 12.7. The van der Waals surface area contributed by atoms with E-state index in [2.05, 4.69) is 9.97 Å². The Balaban J connectivity index is 1.90. The Bertz CT molecular complexity index is 1100. The van der Waals surface area contributed by atoms with Crippen LogP contribution in [0, 0.1) is 0 Å². The number of aromatic nitrogens is 3. The highest BCUT2D eigenvalue weighted by Gasteiger charge is 2.13. The van der Waals surface area contributed by atoms with Gasteiger partial charge in [0.25, 0.3) is 0 Å². The van der Waals surface area contributed by atoms with E-state index in [0.29, 0.717) is 5.52 Å². The van der Waals surface area contributed by atoms with Crippen LogP contribution in [-0.4, -0.2) is 25.6 Å². The summed E-state index contributed by atoms with van der Waals surface area (Å²) in [6, 6.07) is 18.7. The molecule has 0 aliphatic rings. The standard InChI is InChI=1S/C21H15N3O2/c25-21(26)16-9-10-19-18(13-16)23-20(11-8-15-5-4-12-22-14-15)24(19)17-6-2-1-3-7-17/h1-14H,(H,25,26)/b11-8+. The zero-order chi connectivity index (χ0) is 17.9. The molecule has 0 bridgehead atoms. The van der Waals surface area contributed by atoms with Crippen molar-refractivity contribution in [3.05, 3.63) is 90.0 Å². The fourth-order valence-corrected chi connectivity index (χ4v) is 2.84. The second-order valence-corrected chi connectivity index (χ2v) is 5.77. The highest BCUT2D eigenvalue weighted by molar-refractivity contribution is 5.93. The van der Waals surface area contributed by atoms with Crippen LogP contribution in [0.4, 0.5) is 0 Å². The number of nitrogens with zero attached hydrogens (tertiary/aromatic N) is 3. The summed E-state index contributed by atoms with van der Waals surface area (Å²) in [5.74, 6) is -0.244. The molecule has 5 nitrogen and oxygen atoms in total. The van der Waals surface area contributed by atoms with Gasteiger partial charge in [0.1, 0.15) is 5.82 Å². The Hall–Kier alpha value is -3.73. The van der Waals surface area contributed by atoms with E-state index in [9.17, 15) is 9.90 Å². The number of imidazole rings is 1. The van der Waals surface area contributed by atoms with Crippen LogP contribution < -0.4 is 0 Å². The molecule has 0 fully saturated rings. The van der Waals surface area contributed by atoms with Crippen LogP contribution in [0.25, 0.3) is 28.9 Å². The van der Waals surface area contributed by atoms with Crippen LogP contribution in [0.5, 0.6) is 0 Å². The van der Waals surface area contributed by atoms with E-state index in [-0.39, 0.29) is 5.56 Å². The van der Waals surface area contributed by atoms with Gasteiger partial charge in [-0.05, 0) is 54.1 Å². The lowest BCUT2D eigenvalue weighted by Gasteiger charge is -2.07. The average molecular weight is 341 g/mol. The number of carbonyl (C=O) groups is 1. The lowest BCUT2D eigenvalue weighted by molar-refractivity contribution is 0.0697. The number of benzene rings is 2. The molecule has 0 radical (unpaired) electrons. The smallest absolute Gasteiger partial charge is 0.335 e. The summed E-state index contributed by atoms with van der Waals surface area (Å²) in [6.07, 6.45) is 7.34. The molecular formula is C21H15N3O2. The molecule has 0 atom stereocenters. The van der Waals surface area contributed by atoms with Gasteiger partial charge in [-0.15, -0.1) is 0 Å². The number of pyridine rings is 1. The highest BCUT2D eigenvalue weighted by atomic mass is 16.4. The van der Waals surface area contributed by atoms with Gasteiger partial charge in [0.05, 0.1) is 16.6 Å². The average Bonchev–Trinajstić information content (AvgIpc) is 3.05. The van der Waals surface area contributed by atoms with Gasteiger partial charge in [-0.3, -0.25) is 9.55 Å². The van der Waals surface area contributed by atoms with Crippen LogP contribution in [0.1, 0.15) is 21.7 Å². The van der Waals surface area contributed by atoms with Gasteiger partial charge in [0, 0.05) is 18.1 Å². The maximum Gasteiger partial charge on any atom is 0.335 e. The fraction of sp³-hybridized carbons (Fsp3) is 0. The first kappa shape index (κ1) is 15.8. The van der Waals surface area contributed by atoms with E-state index >= 15 is 0 Å². The third-order valence-corrected chi connectivity index (χ3v) is 4.05. The third-order valence-electron chi connectivity index (χ3n) is 4.05. The summed E-state index contributed by atoms with van der Waals surface area (Å²) >= 11 is 0. The molecule has 26 heavy (non-hydrogen) atoms.